The Balaban J connectivity index is 0.000000230. The van der Waals surface area contributed by atoms with Crippen LogP contribution in [-0.2, 0) is 32.4 Å². The molecule has 0 spiro atoms. The molecule has 224 valence electrons. The van der Waals surface area contributed by atoms with Crippen molar-refractivity contribution in [2.75, 3.05) is 20.9 Å². The van der Waals surface area contributed by atoms with Gasteiger partial charge < -0.3 is 11.5 Å². The molecule has 2 aromatic heterocycles. The molecule has 0 aliphatic carbocycles. The van der Waals surface area contributed by atoms with Gasteiger partial charge in [-0.05, 0) is 72.8 Å². The van der Waals surface area contributed by atoms with Crippen molar-refractivity contribution in [1.29, 1.82) is 0 Å². The van der Waals surface area contributed by atoms with Gasteiger partial charge in [0.2, 0.25) is 0 Å². The number of benzene rings is 2. The molecule has 0 bridgehead atoms. The van der Waals surface area contributed by atoms with Crippen LogP contribution in [0.1, 0.15) is 11.1 Å². The minimum absolute atomic E-state index is 0.0186. The maximum Gasteiger partial charge on any atom is 0.416 e. The standard InChI is InChI=1S/2C12H10F3N3O2S/c2*13-12(14,15)8-4-6-9(7-5-8)21(19,20)18-11-3-1-2-10(16)17-11/h2*1-7H,(H3,16,17,18). The second-order valence-corrected chi connectivity index (χ2v) is 11.5. The molecular weight excluding hydrogens is 614 g/mol. The highest BCUT2D eigenvalue weighted by Crippen LogP contribution is 2.31. The summed E-state index contributed by atoms with van der Waals surface area (Å²) < 4.78 is 127. The van der Waals surface area contributed by atoms with Crippen molar-refractivity contribution < 1.29 is 43.2 Å². The zero-order valence-corrected chi connectivity index (χ0v) is 22.5. The summed E-state index contributed by atoms with van der Waals surface area (Å²) in [5.74, 6) is 0.190. The van der Waals surface area contributed by atoms with Gasteiger partial charge in [-0.3, -0.25) is 9.44 Å². The SMILES string of the molecule is Nc1cccc(NS(=O)(=O)c2ccc(C(F)(F)F)cc2)n1.Nc1cccc(NS(=O)(=O)c2ccc(C(F)(F)F)cc2)n1. The number of hydrogen-bond donors (Lipinski definition) is 4. The number of halogens is 6. The predicted molar refractivity (Wildman–Crippen MR) is 142 cm³/mol. The van der Waals surface area contributed by atoms with Crippen molar-refractivity contribution in [3.05, 3.63) is 96.1 Å². The highest BCUT2D eigenvalue weighted by molar-refractivity contribution is 7.93. The summed E-state index contributed by atoms with van der Waals surface area (Å²) in [5.41, 5.74) is 8.97. The van der Waals surface area contributed by atoms with Crippen LogP contribution in [0.15, 0.2) is 94.7 Å². The number of rotatable bonds is 6. The van der Waals surface area contributed by atoms with Crippen LogP contribution < -0.4 is 20.9 Å². The molecular formula is C24H20F6N6O4S2. The highest BCUT2D eigenvalue weighted by atomic mass is 32.2. The Bertz CT molecular complexity index is 1620. The molecule has 6 N–H and O–H groups in total. The summed E-state index contributed by atoms with van der Waals surface area (Å²) in [6.45, 7) is 0. The molecule has 0 fully saturated rings. The first-order chi connectivity index (χ1) is 19.4. The fraction of sp³-hybridized carbons (Fsp3) is 0.0833. The van der Waals surface area contributed by atoms with E-state index in [-0.39, 0.29) is 33.1 Å². The second kappa shape index (κ2) is 12.1. The maximum atomic E-state index is 12.4. The van der Waals surface area contributed by atoms with Gasteiger partial charge in [0.25, 0.3) is 20.0 Å². The van der Waals surface area contributed by atoms with Crippen LogP contribution in [0.4, 0.5) is 49.6 Å². The van der Waals surface area contributed by atoms with Crippen LogP contribution in [-0.4, -0.2) is 26.8 Å². The molecule has 2 heterocycles. The molecule has 0 radical (unpaired) electrons. The molecule has 0 aliphatic heterocycles. The third kappa shape index (κ3) is 8.71. The summed E-state index contributed by atoms with van der Waals surface area (Å²) in [6, 6.07) is 14.9. The Morgan fingerprint density at radius 1 is 0.524 bits per heavy atom. The third-order valence-corrected chi connectivity index (χ3v) is 7.74. The van der Waals surface area contributed by atoms with E-state index in [2.05, 4.69) is 19.4 Å². The lowest BCUT2D eigenvalue weighted by molar-refractivity contribution is -0.138. The van der Waals surface area contributed by atoms with Crippen molar-refractivity contribution in [2.45, 2.75) is 22.1 Å². The van der Waals surface area contributed by atoms with Crippen LogP contribution >= 0.6 is 0 Å². The third-order valence-electron chi connectivity index (χ3n) is 5.00. The van der Waals surface area contributed by atoms with Gasteiger partial charge in [0.15, 0.2) is 0 Å². The molecule has 4 rings (SSSR count). The van der Waals surface area contributed by atoms with E-state index in [0.29, 0.717) is 24.3 Å². The summed E-state index contributed by atoms with van der Waals surface area (Å²) >= 11 is 0. The van der Waals surface area contributed by atoms with Crippen molar-refractivity contribution in [2.24, 2.45) is 0 Å². The topological polar surface area (TPSA) is 170 Å². The number of nitrogens with zero attached hydrogens (tertiary/aromatic N) is 2. The Morgan fingerprint density at radius 2 is 0.833 bits per heavy atom. The maximum absolute atomic E-state index is 12.4. The lowest BCUT2D eigenvalue weighted by Gasteiger charge is -2.10. The van der Waals surface area contributed by atoms with Crippen LogP contribution in [0.25, 0.3) is 0 Å². The first-order valence-electron chi connectivity index (χ1n) is 11.2. The molecule has 0 unspecified atom stereocenters. The lowest BCUT2D eigenvalue weighted by Crippen LogP contribution is -2.15. The van der Waals surface area contributed by atoms with Crippen molar-refractivity contribution in [3.8, 4) is 0 Å². The van der Waals surface area contributed by atoms with Crippen LogP contribution in [0.2, 0.25) is 0 Å². The molecule has 42 heavy (non-hydrogen) atoms. The summed E-state index contributed by atoms with van der Waals surface area (Å²) in [6.07, 6.45) is -9.05. The van der Waals surface area contributed by atoms with Gasteiger partial charge in [-0.2, -0.15) is 26.3 Å². The van der Waals surface area contributed by atoms with Gasteiger partial charge in [0, 0.05) is 0 Å². The van der Waals surface area contributed by atoms with Crippen molar-refractivity contribution in [1.82, 2.24) is 9.97 Å². The molecule has 10 nitrogen and oxygen atoms in total. The number of hydrogen-bond acceptors (Lipinski definition) is 8. The molecule has 0 amide bonds. The monoisotopic (exact) mass is 634 g/mol. The normalized spacial score (nSPS) is 12.1. The zero-order chi connectivity index (χ0) is 31.3. The minimum atomic E-state index is -4.52. The van der Waals surface area contributed by atoms with Crippen molar-refractivity contribution >= 4 is 43.3 Å². The number of aromatic nitrogens is 2. The number of pyridine rings is 2. The van der Waals surface area contributed by atoms with E-state index in [1.807, 2.05) is 0 Å². The molecule has 0 atom stereocenters. The van der Waals surface area contributed by atoms with Gasteiger partial charge >= 0.3 is 12.4 Å². The Kier molecular flexibility index (Phi) is 9.21. The van der Waals surface area contributed by atoms with Crippen LogP contribution in [0, 0.1) is 0 Å². The van der Waals surface area contributed by atoms with E-state index in [1.54, 1.807) is 0 Å². The molecule has 2 aromatic carbocycles. The molecule has 0 aliphatic rings. The number of nitrogen functional groups attached to an aromatic ring is 2. The van der Waals surface area contributed by atoms with E-state index in [0.717, 1.165) is 24.3 Å². The van der Waals surface area contributed by atoms with Crippen molar-refractivity contribution in [3.63, 3.8) is 0 Å². The Morgan fingerprint density at radius 3 is 1.10 bits per heavy atom. The summed E-state index contributed by atoms with van der Waals surface area (Å²) in [5, 5.41) is 0. The number of alkyl halides is 6. The van der Waals surface area contributed by atoms with Gasteiger partial charge in [0.05, 0.1) is 20.9 Å². The van der Waals surface area contributed by atoms with Crippen LogP contribution in [0.5, 0.6) is 0 Å². The molecule has 0 saturated carbocycles. The van der Waals surface area contributed by atoms with E-state index < -0.39 is 43.5 Å². The minimum Gasteiger partial charge on any atom is -0.384 e. The Hall–Kier alpha value is -4.58. The highest BCUT2D eigenvalue weighted by Gasteiger charge is 2.31. The van der Waals surface area contributed by atoms with E-state index in [1.165, 1.54) is 36.4 Å². The van der Waals surface area contributed by atoms with Gasteiger partial charge in [-0.25, -0.2) is 26.8 Å². The lowest BCUT2D eigenvalue weighted by atomic mass is 10.2. The fourth-order valence-electron chi connectivity index (χ4n) is 3.06. The van der Waals surface area contributed by atoms with Gasteiger partial charge in [-0.15, -0.1) is 0 Å². The van der Waals surface area contributed by atoms with Gasteiger partial charge in [0.1, 0.15) is 23.3 Å². The second-order valence-electron chi connectivity index (χ2n) is 8.15. The molecule has 4 aromatic rings. The average Bonchev–Trinajstić information content (AvgIpc) is 2.88. The Labute approximate surface area is 235 Å². The first-order valence-corrected chi connectivity index (χ1v) is 14.2. The average molecular weight is 635 g/mol. The molecule has 0 saturated heterocycles. The van der Waals surface area contributed by atoms with E-state index in [9.17, 15) is 43.2 Å². The number of sulfonamides is 2. The smallest absolute Gasteiger partial charge is 0.384 e. The predicted octanol–water partition coefficient (Wildman–Crippen LogP) is 4.97. The number of anilines is 4. The van der Waals surface area contributed by atoms with E-state index in [4.69, 9.17) is 11.5 Å². The van der Waals surface area contributed by atoms with Crippen LogP contribution in [0.3, 0.4) is 0 Å². The number of nitrogens with one attached hydrogen (secondary N) is 2. The summed E-state index contributed by atoms with van der Waals surface area (Å²) in [4.78, 5) is 6.88. The first kappa shape index (κ1) is 31.9. The van der Waals surface area contributed by atoms with E-state index >= 15 is 0 Å². The zero-order valence-electron chi connectivity index (χ0n) is 20.8. The summed E-state index contributed by atoms with van der Waals surface area (Å²) in [7, 11) is -8.06. The number of nitrogens with two attached hydrogens (primary N) is 2. The largest absolute Gasteiger partial charge is 0.416 e. The quantitative estimate of drug-likeness (QED) is 0.216. The van der Waals surface area contributed by atoms with Gasteiger partial charge in [-0.1, -0.05) is 12.1 Å². The molecule has 18 heteroatoms. The fourth-order valence-corrected chi connectivity index (χ4v) is 5.06.